The van der Waals surface area contributed by atoms with Crippen molar-refractivity contribution in [3.8, 4) is 22.4 Å². The summed E-state index contributed by atoms with van der Waals surface area (Å²) >= 11 is 0. The van der Waals surface area contributed by atoms with Crippen molar-refractivity contribution in [2.45, 2.75) is 80.6 Å². The van der Waals surface area contributed by atoms with Crippen molar-refractivity contribution in [3.05, 3.63) is 95.6 Å². The summed E-state index contributed by atoms with van der Waals surface area (Å²) in [4.78, 5) is 20.7. The van der Waals surface area contributed by atoms with Gasteiger partial charge >= 0.3 is 0 Å². The Labute approximate surface area is 265 Å². The van der Waals surface area contributed by atoms with Crippen molar-refractivity contribution in [1.82, 2.24) is 9.97 Å². The molecule has 1 radical (unpaired) electrons. The number of aromatic nitrogens is 2. The molecule has 0 spiro atoms. The molecule has 0 saturated heterocycles. The van der Waals surface area contributed by atoms with Gasteiger partial charge in [0.15, 0.2) is 5.78 Å². The summed E-state index contributed by atoms with van der Waals surface area (Å²) in [6.07, 6.45) is 9.34. The largest absolute Gasteiger partial charge is 0.512 e. The third kappa shape index (κ3) is 7.62. The van der Waals surface area contributed by atoms with Crippen LogP contribution < -0.4 is 0 Å². The van der Waals surface area contributed by atoms with Gasteiger partial charge in [-0.2, -0.15) is 0 Å². The molecule has 5 heteroatoms. The molecule has 0 atom stereocenters. The zero-order valence-electron chi connectivity index (χ0n) is 26.3. The molecule has 0 unspecified atom stereocenters. The number of fused-ring (bicyclic) bond motifs is 4. The second-order valence-electron chi connectivity index (χ2n) is 14.0. The number of nitrogens with zero attached hydrogens (tertiary/aromatic N) is 2. The fourth-order valence-corrected chi connectivity index (χ4v) is 4.78. The van der Waals surface area contributed by atoms with Gasteiger partial charge in [0.25, 0.3) is 0 Å². The van der Waals surface area contributed by atoms with E-state index in [0.717, 1.165) is 29.5 Å². The van der Waals surface area contributed by atoms with Gasteiger partial charge in [0.1, 0.15) is 5.76 Å². The molecular weight excluding hydrogens is 697 g/mol. The van der Waals surface area contributed by atoms with Crippen molar-refractivity contribution < 1.29 is 30.0 Å². The first-order valence-corrected chi connectivity index (χ1v) is 14.4. The van der Waals surface area contributed by atoms with Crippen LogP contribution in [-0.4, -0.2) is 20.9 Å². The van der Waals surface area contributed by atoms with E-state index >= 15 is 0 Å². The second kappa shape index (κ2) is 12.6. The van der Waals surface area contributed by atoms with E-state index < -0.39 is 5.41 Å². The molecule has 1 aliphatic rings. The van der Waals surface area contributed by atoms with Crippen LogP contribution in [0.5, 0.6) is 0 Å². The first-order chi connectivity index (χ1) is 19.1. The molecule has 5 rings (SSSR count). The van der Waals surface area contributed by atoms with Crippen molar-refractivity contribution in [2.75, 3.05) is 0 Å². The van der Waals surface area contributed by atoms with Gasteiger partial charge in [-0.15, -0.1) is 29.1 Å². The van der Waals surface area contributed by atoms with Crippen LogP contribution in [0, 0.1) is 16.9 Å². The van der Waals surface area contributed by atoms with E-state index in [1.165, 1.54) is 39.3 Å². The Hall–Kier alpha value is -3.14. The zero-order chi connectivity index (χ0) is 30.2. The Kier molecular flexibility index (Phi) is 10.0. The summed E-state index contributed by atoms with van der Waals surface area (Å²) < 4.78 is 0. The summed E-state index contributed by atoms with van der Waals surface area (Å²) in [7, 11) is 0. The molecule has 223 valence electrons. The van der Waals surface area contributed by atoms with E-state index in [1.807, 2.05) is 60.1 Å². The van der Waals surface area contributed by atoms with Gasteiger partial charge in [-0.1, -0.05) is 97.5 Å². The molecule has 2 aromatic heterocycles. The van der Waals surface area contributed by atoms with E-state index in [4.69, 9.17) is 4.98 Å². The summed E-state index contributed by atoms with van der Waals surface area (Å²) in [5.41, 5.74) is 7.84. The first kappa shape index (κ1) is 33.4. The maximum atomic E-state index is 11.5. The van der Waals surface area contributed by atoms with Gasteiger partial charge in [-0.3, -0.25) is 14.8 Å². The number of aryl methyl sites for hydroxylation is 2. The minimum atomic E-state index is -0.417. The number of rotatable bonds is 2. The SMILES string of the molecule is CC(C)(C)C(=O)/C=C(\O)C(C)(C)C.CC(C)(C)c1cc(-c2cc3c(cn2)CCc2ccncc2-3)[c-]c2ccccc12.[Ir]. The summed E-state index contributed by atoms with van der Waals surface area (Å²) in [6, 6.07) is 18.8. The van der Waals surface area contributed by atoms with Gasteiger partial charge in [0.05, 0.1) is 0 Å². The zero-order valence-corrected chi connectivity index (χ0v) is 28.7. The van der Waals surface area contributed by atoms with Crippen molar-refractivity contribution >= 4 is 16.6 Å². The number of pyridine rings is 2. The average Bonchev–Trinajstić information content (AvgIpc) is 2.90. The van der Waals surface area contributed by atoms with Crippen LogP contribution in [0.15, 0.2) is 72.9 Å². The molecule has 4 aromatic rings. The molecule has 0 saturated carbocycles. The molecular formula is C37H43IrN2O2-. The molecule has 0 aliphatic heterocycles. The van der Waals surface area contributed by atoms with E-state index in [1.54, 1.807) is 0 Å². The predicted molar refractivity (Wildman–Crippen MR) is 170 cm³/mol. The monoisotopic (exact) mass is 740 g/mol. The van der Waals surface area contributed by atoms with Gasteiger partial charge in [-0.25, -0.2) is 0 Å². The molecule has 2 heterocycles. The van der Waals surface area contributed by atoms with Crippen molar-refractivity contribution in [3.63, 3.8) is 0 Å². The van der Waals surface area contributed by atoms with Crippen LogP contribution in [0.3, 0.4) is 0 Å². The number of hydrogen-bond donors (Lipinski definition) is 1. The average molecular weight is 740 g/mol. The molecule has 42 heavy (non-hydrogen) atoms. The molecule has 4 nitrogen and oxygen atoms in total. The van der Waals surface area contributed by atoms with E-state index in [0.29, 0.717) is 0 Å². The van der Waals surface area contributed by atoms with Crippen molar-refractivity contribution in [1.29, 1.82) is 0 Å². The second-order valence-corrected chi connectivity index (χ2v) is 14.0. The number of allylic oxidation sites excluding steroid dienone is 2. The summed E-state index contributed by atoms with van der Waals surface area (Å²) in [5, 5.41) is 12.0. The number of benzene rings is 2. The molecule has 1 aliphatic carbocycles. The quantitative estimate of drug-likeness (QED) is 0.127. The van der Waals surface area contributed by atoms with Crippen molar-refractivity contribution in [2.24, 2.45) is 10.8 Å². The summed E-state index contributed by atoms with van der Waals surface area (Å²) in [6.45, 7) is 17.9. The Balaban J connectivity index is 0.000000297. The summed E-state index contributed by atoms with van der Waals surface area (Å²) in [5.74, 6) is 0.104. The third-order valence-corrected chi connectivity index (χ3v) is 7.49. The molecule has 2 aromatic carbocycles. The number of aliphatic hydroxyl groups is 1. The Morgan fingerprint density at radius 2 is 1.52 bits per heavy atom. The van der Waals surface area contributed by atoms with Crippen LogP contribution in [0.4, 0.5) is 0 Å². The van der Waals surface area contributed by atoms with Gasteiger partial charge < -0.3 is 5.11 Å². The third-order valence-electron chi connectivity index (χ3n) is 7.49. The molecule has 0 amide bonds. The smallest absolute Gasteiger partial charge is 0.164 e. The number of aliphatic hydroxyl groups excluding tert-OH is 1. The maximum absolute atomic E-state index is 11.5. The fraction of sp³-hybridized carbons (Fsp3) is 0.378. The number of hydrogen-bond acceptors (Lipinski definition) is 4. The fourth-order valence-electron chi connectivity index (χ4n) is 4.78. The van der Waals surface area contributed by atoms with Crippen LogP contribution in [0.25, 0.3) is 33.2 Å². The normalized spacial score (nSPS) is 13.3. The number of carbonyl (C=O) groups excluding carboxylic acids is 1. The van der Waals surface area contributed by atoms with Crippen LogP contribution in [0.2, 0.25) is 0 Å². The minimum absolute atomic E-state index is 0. The molecule has 1 N–H and O–H groups in total. The first-order valence-electron chi connectivity index (χ1n) is 14.4. The Morgan fingerprint density at radius 1 is 0.857 bits per heavy atom. The van der Waals surface area contributed by atoms with E-state index in [-0.39, 0.29) is 42.5 Å². The standard InChI is InChI=1S/C26H23N2.C11H20O2.Ir/c1-26(2,3)24-13-20(12-18-6-4-5-7-21(18)24)25-14-22-19(15-28-25)9-8-17-10-11-27-16-23(17)22;1-10(2,3)8(12)7-9(13)11(4,5)6;/h4-7,10-11,13-16H,8-9H2,1-3H3;7,12H,1-6H3;/q-1;;/b;8-7-;. The maximum Gasteiger partial charge on any atom is 0.164 e. The van der Waals surface area contributed by atoms with E-state index in [9.17, 15) is 9.90 Å². The van der Waals surface area contributed by atoms with Crippen LogP contribution in [0.1, 0.15) is 79.0 Å². The number of ketones is 1. The number of carbonyl (C=O) groups is 1. The van der Waals surface area contributed by atoms with Crippen LogP contribution in [-0.2, 0) is 43.2 Å². The minimum Gasteiger partial charge on any atom is -0.512 e. The topological polar surface area (TPSA) is 63.1 Å². The van der Waals surface area contributed by atoms with Crippen LogP contribution >= 0.6 is 0 Å². The molecule has 0 fully saturated rings. The van der Waals surface area contributed by atoms with Gasteiger partial charge in [0, 0.05) is 66.9 Å². The molecule has 0 bridgehead atoms. The van der Waals surface area contributed by atoms with E-state index in [2.05, 4.69) is 74.3 Å². The Morgan fingerprint density at radius 3 is 2.17 bits per heavy atom. The van der Waals surface area contributed by atoms with Gasteiger partial charge in [0.2, 0.25) is 0 Å². The van der Waals surface area contributed by atoms with Gasteiger partial charge in [-0.05, 0) is 41.0 Å². The Bertz CT molecular complexity index is 1620. The predicted octanol–water partition coefficient (Wildman–Crippen LogP) is 9.25.